The molecule has 0 aliphatic heterocycles. The first kappa shape index (κ1) is 32.8. The van der Waals surface area contributed by atoms with Crippen molar-refractivity contribution in [2.45, 2.75) is 155 Å². The molecule has 0 N–H and O–H groups in total. The van der Waals surface area contributed by atoms with Crippen molar-refractivity contribution < 1.29 is 8.85 Å². The molecule has 37 heavy (non-hydrogen) atoms. The summed E-state index contributed by atoms with van der Waals surface area (Å²) in [7, 11) is -3.67. The third-order valence-corrected chi connectivity index (χ3v) is 19.0. The Hall–Kier alpha value is -0.426. The predicted octanol–water partition coefficient (Wildman–Crippen LogP) is 10.8. The van der Waals surface area contributed by atoms with Crippen LogP contribution in [0, 0.1) is 17.8 Å². The second kappa shape index (κ2) is 13.3. The van der Waals surface area contributed by atoms with Crippen molar-refractivity contribution in [3.63, 3.8) is 0 Å². The van der Waals surface area contributed by atoms with Gasteiger partial charge in [0.05, 0.1) is 12.2 Å². The Morgan fingerprint density at radius 3 is 2.22 bits per heavy atom. The van der Waals surface area contributed by atoms with E-state index in [1.54, 1.807) is 5.57 Å². The minimum atomic E-state index is -1.84. The monoisotopic (exact) mass is 546 g/mol. The maximum absolute atomic E-state index is 7.14. The van der Waals surface area contributed by atoms with Crippen molar-refractivity contribution in [1.82, 2.24) is 0 Å². The van der Waals surface area contributed by atoms with Gasteiger partial charge in [-0.3, -0.25) is 0 Å². The lowest BCUT2D eigenvalue weighted by molar-refractivity contribution is 0.147. The fourth-order valence-electron chi connectivity index (χ4n) is 5.52. The molecule has 0 unspecified atom stereocenters. The molecule has 0 heterocycles. The minimum absolute atomic E-state index is 0.224. The molecule has 2 nitrogen and oxygen atoms in total. The molecule has 5 atom stereocenters. The van der Waals surface area contributed by atoms with Crippen LogP contribution in [0.5, 0.6) is 0 Å². The molecule has 2 aliphatic carbocycles. The summed E-state index contributed by atoms with van der Waals surface area (Å²) < 4.78 is 14.1. The van der Waals surface area contributed by atoms with E-state index >= 15 is 0 Å². The van der Waals surface area contributed by atoms with Gasteiger partial charge in [0.25, 0.3) is 0 Å². The molecule has 2 rings (SSSR count). The molecule has 0 aromatic carbocycles. The number of hydrogen-bond acceptors (Lipinski definition) is 2. The van der Waals surface area contributed by atoms with Gasteiger partial charge in [0, 0.05) is 5.92 Å². The highest BCUT2D eigenvalue weighted by Gasteiger charge is 2.48. The van der Waals surface area contributed by atoms with E-state index in [4.69, 9.17) is 8.85 Å². The Bertz CT molecular complexity index is 781. The first-order valence-electron chi connectivity index (χ1n) is 15.4. The molecule has 0 aromatic rings. The van der Waals surface area contributed by atoms with Crippen LogP contribution in [0.15, 0.2) is 36.5 Å². The van der Waals surface area contributed by atoms with Crippen molar-refractivity contribution in [1.29, 1.82) is 0 Å². The molecule has 214 valence electrons. The number of rotatable bonds is 14. The van der Waals surface area contributed by atoms with Gasteiger partial charge in [0.2, 0.25) is 0 Å². The van der Waals surface area contributed by atoms with E-state index in [-0.39, 0.29) is 16.2 Å². The Morgan fingerprint density at radius 2 is 1.65 bits per heavy atom. The zero-order chi connectivity index (χ0) is 28.1. The normalized spacial score (nSPS) is 26.0. The number of hydrogen-bond donors (Lipinski definition) is 0. The van der Waals surface area contributed by atoms with Gasteiger partial charge in [-0.25, -0.2) is 0 Å². The summed E-state index contributed by atoms with van der Waals surface area (Å²) in [5, 5.41) is 0.463. The molecule has 2 aliphatic rings. The SMILES string of the molecule is C=CCCCC1=C[C@H]2C[C@@H](O[Si](C)(C)C(C)(C)C)[C@@H](/C=C/[C@H](CCCCC)O[Si](C)(C)C(C)(C)C)[C@H]2C1. The van der Waals surface area contributed by atoms with Crippen LogP contribution in [-0.4, -0.2) is 28.8 Å². The number of fused-ring (bicyclic) bond motifs is 1. The summed E-state index contributed by atoms with van der Waals surface area (Å²) >= 11 is 0. The summed E-state index contributed by atoms with van der Waals surface area (Å²) in [5.74, 6) is 1.85. The molecule has 1 saturated carbocycles. The Morgan fingerprint density at radius 1 is 1.00 bits per heavy atom. The van der Waals surface area contributed by atoms with Gasteiger partial charge < -0.3 is 8.85 Å². The topological polar surface area (TPSA) is 18.5 Å². The highest BCUT2D eigenvalue weighted by molar-refractivity contribution is 6.74. The summed E-state index contributed by atoms with van der Waals surface area (Å²) in [4.78, 5) is 0. The van der Waals surface area contributed by atoms with Crippen molar-refractivity contribution in [3.05, 3.63) is 36.5 Å². The molecule has 0 spiro atoms. The van der Waals surface area contributed by atoms with E-state index in [0.29, 0.717) is 23.9 Å². The maximum Gasteiger partial charge on any atom is 0.192 e. The third kappa shape index (κ3) is 9.05. The molecule has 0 saturated heterocycles. The van der Waals surface area contributed by atoms with Gasteiger partial charge in [-0.1, -0.05) is 97.6 Å². The van der Waals surface area contributed by atoms with Crippen molar-refractivity contribution in [3.8, 4) is 0 Å². The molecule has 1 fully saturated rings. The van der Waals surface area contributed by atoms with Crippen molar-refractivity contribution in [2.75, 3.05) is 0 Å². The van der Waals surface area contributed by atoms with Crippen LogP contribution in [-0.2, 0) is 8.85 Å². The zero-order valence-electron chi connectivity index (χ0n) is 26.6. The smallest absolute Gasteiger partial charge is 0.192 e. The van der Waals surface area contributed by atoms with Crippen molar-refractivity contribution >= 4 is 16.6 Å². The largest absolute Gasteiger partial charge is 0.413 e. The van der Waals surface area contributed by atoms with Gasteiger partial charge in [-0.2, -0.15) is 0 Å². The van der Waals surface area contributed by atoms with Gasteiger partial charge in [-0.05, 0) is 86.6 Å². The molecule has 0 amide bonds. The number of allylic oxidation sites excluding steroid dienone is 3. The lowest BCUT2D eigenvalue weighted by Gasteiger charge is -2.40. The second-order valence-electron chi connectivity index (χ2n) is 15.1. The fourth-order valence-corrected chi connectivity index (χ4v) is 8.19. The highest BCUT2D eigenvalue weighted by Crippen LogP contribution is 2.51. The quantitative estimate of drug-likeness (QED) is 0.122. The van der Waals surface area contributed by atoms with E-state index < -0.39 is 16.6 Å². The van der Waals surface area contributed by atoms with Gasteiger partial charge in [0.1, 0.15) is 0 Å². The van der Waals surface area contributed by atoms with Crippen LogP contribution in [0.25, 0.3) is 0 Å². The lowest BCUT2D eigenvalue weighted by Crippen LogP contribution is -2.45. The minimum Gasteiger partial charge on any atom is -0.413 e. The van der Waals surface area contributed by atoms with E-state index in [2.05, 4.69) is 106 Å². The first-order valence-corrected chi connectivity index (χ1v) is 21.2. The van der Waals surface area contributed by atoms with E-state index in [1.165, 1.54) is 44.9 Å². The zero-order valence-corrected chi connectivity index (χ0v) is 28.6. The number of unbranched alkanes of at least 4 members (excludes halogenated alkanes) is 3. The predicted molar refractivity (Wildman–Crippen MR) is 169 cm³/mol. The summed E-state index contributed by atoms with van der Waals surface area (Å²) in [5.41, 5.74) is 1.68. The van der Waals surface area contributed by atoms with Gasteiger partial charge in [-0.15, -0.1) is 6.58 Å². The average molecular weight is 547 g/mol. The third-order valence-electron chi connectivity index (χ3n) is 9.98. The van der Waals surface area contributed by atoms with Crippen LogP contribution >= 0.6 is 0 Å². The van der Waals surface area contributed by atoms with Crippen LogP contribution in [0.1, 0.15) is 106 Å². The van der Waals surface area contributed by atoms with Crippen LogP contribution < -0.4 is 0 Å². The lowest BCUT2D eigenvalue weighted by atomic mass is 9.88. The van der Waals surface area contributed by atoms with Gasteiger partial charge in [0.15, 0.2) is 16.6 Å². The molecule has 0 radical (unpaired) electrons. The Balaban J connectivity index is 2.28. The molecule has 0 bridgehead atoms. The van der Waals surface area contributed by atoms with Crippen LogP contribution in [0.3, 0.4) is 0 Å². The van der Waals surface area contributed by atoms with E-state index in [0.717, 1.165) is 12.8 Å². The summed E-state index contributed by atoms with van der Waals surface area (Å²) in [6.07, 6.45) is 21.2. The second-order valence-corrected chi connectivity index (χ2v) is 24.6. The molecule has 4 heteroatoms. The Labute approximate surface area is 234 Å². The van der Waals surface area contributed by atoms with E-state index in [9.17, 15) is 0 Å². The standard InChI is InChI=1S/C33H62O2Si2/c1-13-15-17-19-26-23-27-25-31(35-37(11,12)33(6,7)8)29(30(27)24-26)22-21-28(20-18-16-14-2)34-36(9,10)32(3,4)5/h13,21-23,27-31H,1,14-20,24-25H2,2-12H3/b22-21+/t27-,28-,29-,30-,31+/m0/s1. The molecule has 0 aromatic heterocycles. The van der Waals surface area contributed by atoms with Gasteiger partial charge >= 0.3 is 0 Å². The fraction of sp³-hybridized carbons (Fsp3) is 0.818. The summed E-state index contributed by atoms with van der Waals surface area (Å²) in [6, 6.07) is 0. The maximum atomic E-state index is 7.14. The molecular formula is C33H62O2Si2. The summed E-state index contributed by atoms with van der Waals surface area (Å²) in [6.45, 7) is 30.0. The average Bonchev–Trinajstić information content (AvgIpc) is 3.27. The van der Waals surface area contributed by atoms with Crippen molar-refractivity contribution in [2.24, 2.45) is 17.8 Å². The molecular weight excluding hydrogens is 485 g/mol. The van der Waals surface area contributed by atoms with E-state index in [1.807, 2.05) is 0 Å². The van der Waals surface area contributed by atoms with Crippen LogP contribution in [0.2, 0.25) is 36.3 Å². The highest BCUT2D eigenvalue weighted by atomic mass is 28.4. The first-order chi connectivity index (χ1) is 17.0. The van der Waals surface area contributed by atoms with Crippen LogP contribution in [0.4, 0.5) is 0 Å². The Kier molecular flexibility index (Phi) is 11.8.